The molecule has 3 rings (SSSR count). The van der Waals surface area contributed by atoms with Crippen molar-refractivity contribution in [2.24, 2.45) is 17.6 Å². The number of ether oxygens (including phenoxy) is 5. The number of allylic oxidation sites excluding steroid dienone is 4. The molecular formula is C30H44N2O9. The number of aliphatic hydroxyl groups is 1. The van der Waals surface area contributed by atoms with E-state index in [4.69, 9.17) is 29.4 Å². The van der Waals surface area contributed by atoms with Crippen LogP contribution in [0.25, 0.3) is 0 Å². The number of carbonyl (C=O) groups is 3. The quantitative estimate of drug-likeness (QED) is 0.103. The van der Waals surface area contributed by atoms with Crippen LogP contribution in [0.5, 0.6) is 0 Å². The fourth-order valence-corrected chi connectivity index (χ4v) is 5.14. The molecule has 0 radical (unpaired) electrons. The van der Waals surface area contributed by atoms with Gasteiger partial charge in [-0.1, -0.05) is 44.2 Å². The number of amides is 1. The highest BCUT2D eigenvalue weighted by Gasteiger charge is 2.58. The van der Waals surface area contributed by atoms with E-state index in [1.54, 1.807) is 13.0 Å². The van der Waals surface area contributed by atoms with Gasteiger partial charge in [-0.05, 0) is 31.8 Å². The Morgan fingerprint density at radius 1 is 1.17 bits per heavy atom. The monoisotopic (exact) mass is 576 g/mol. The number of esters is 1. The van der Waals surface area contributed by atoms with Gasteiger partial charge in [-0.2, -0.15) is 0 Å². The van der Waals surface area contributed by atoms with Crippen molar-refractivity contribution in [2.45, 2.75) is 88.6 Å². The molecular weight excluding hydrogens is 532 g/mol. The Labute approximate surface area is 241 Å². The van der Waals surface area contributed by atoms with Crippen LogP contribution >= 0.6 is 0 Å². The largest absolute Gasteiger partial charge is 0.483 e. The van der Waals surface area contributed by atoms with E-state index in [2.05, 4.69) is 12.2 Å². The molecule has 9 atom stereocenters. The predicted octanol–water partition coefficient (Wildman–Crippen LogP) is 1.85. The van der Waals surface area contributed by atoms with Crippen molar-refractivity contribution in [3.8, 4) is 0 Å². The lowest BCUT2D eigenvalue weighted by molar-refractivity contribution is -0.157. The molecule has 1 amide bonds. The second-order valence-electron chi connectivity index (χ2n) is 11.1. The van der Waals surface area contributed by atoms with E-state index in [0.717, 1.165) is 6.42 Å². The molecule has 0 aromatic carbocycles. The molecule has 3 aliphatic heterocycles. The van der Waals surface area contributed by atoms with Crippen LogP contribution in [0.4, 0.5) is 0 Å². The number of nitrogens with one attached hydrogen (secondary N) is 1. The van der Waals surface area contributed by atoms with Crippen LogP contribution < -0.4 is 11.1 Å². The highest BCUT2D eigenvalue weighted by Crippen LogP contribution is 2.43. The zero-order valence-electron chi connectivity index (χ0n) is 24.5. The third-order valence-corrected chi connectivity index (χ3v) is 7.88. The van der Waals surface area contributed by atoms with Gasteiger partial charge in [-0.25, -0.2) is 0 Å². The first-order valence-corrected chi connectivity index (χ1v) is 14.0. The minimum atomic E-state index is -0.805. The molecule has 4 N–H and O–H groups in total. The third-order valence-electron chi connectivity index (χ3n) is 7.88. The van der Waals surface area contributed by atoms with Gasteiger partial charge in [0.05, 0.1) is 51.6 Å². The molecule has 0 aliphatic carbocycles. The van der Waals surface area contributed by atoms with Crippen molar-refractivity contribution in [2.75, 3.05) is 20.8 Å². The first-order valence-electron chi connectivity index (χ1n) is 14.0. The first-order chi connectivity index (χ1) is 19.5. The topological polar surface area (TPSA) is 159 Å². The number of ketones is 1. The first kappa shape index (κ1) is 32.5. The molecule has 0 aromatic heterocycles. The van der Waals surface area contributed by atoms with Crippen molar-refractivity contribution < 1.29 is 43.2 Å². The lowest BCUT2D eigenvalue weighted by atomic mass is 9.87. The Bertz CT molecular complexity index is 1050. The predicted molar refractivity (Wildman–Crippen MR) is 150 cm³/mol. The summed E-state index contributed by atoms with van der Waals surface area (Å²) in [7, 11) is 2.72. The van der Waals surface area contributed by atoms with Gasteiger partial charge in [0.2, 0.25) is 5.91 Å². The van der Waals surface area contributed by atoms with Gasteiger partial charge < -0.3 is 39.8 Å². The van der Waals surface area contributed by atoms with E-state index in [0.29, 0.717) is 19.4 Å². The molecule has 11 nitrogen and oxygen atoms in total. The van der Waals surface area contributed by atoms with Crippen molar-refractivity contribution in [1.82, 2.24) is 5.32 Å². The number of carbonyl (C=O) groups excluding carboxylic acids is 3. The van der Waals surface area contributed by atoms with E-state index >= 15 is 0 Å². The number of rotatable bonds is 12. The average molecular weight is 577 g/mol. The summed E-state index contributed by atoms with van der Waals surface area (Å²) in [4.78, 5) is 36.2. The maximum atomic E-state index is 12.5. The summed E-state index contributed by atoms with van der Waals surface area (Å²) in [5, 5.41) is 13.7. The van der Waals surface area contributed by atoms with Gasteiger partial charge in [0.1, 0.15) is 17.8 Å². The Kier molecular flexibility index (Phi) is 11.7. The van der Waals surface area contributed by atoms with Crippen LogP contribution in [0.15, 0.2) is 48.4 Å². The van der Waals surface area contributed by atoms with Gasteiger partial charge in [-0.3, -0.25) is 14.4 Å². The summed E-state index contributed by atoms with van der Waals surface area (Å²) >= 11 is 0. The molecule has 41 heavy (non-hydrogen) atoms. The van der Waals surface area contributed by atoms with E-state index in [9.17, 15) is 19.5 Å². The van der Waals surface area contributed by atoms with Crippen molar-refractivity contribution in [3.05, 3.63) is 48.4 Å². The molecule has 0 saturated carbocycles. The molecule has 3 heterocycles. The lowest BCUT2D eigenvalue weighted by Crippen LogP contribution is -2.50. The smallest absolute Gasteiger partial charge is 0.308 e. The number of epoxide rings is 1. The highest BCUT2D eigenvalue weighted by atomic mass is 16.6. The summed E-state index contributed by atoms with van der Waals surface area (Å²) in [6, 6.07) is -0.155. The fourth-order valence-electron chi connectivity index (χ4n) is 5.14. The zero-order valence-corrected chi connectivity index (χ0v) is 24.5. The molecule has 1 unspecified atom stereocenters. The Morgan fingerprint density at radius 2 is 1.90 bits per heavy atom. The third kappa shape index (κ3) is 9.26. The maximum Gasteiger partial charge on any atom is 0.308 e. The van der Waals surface area contributed by atoms with Gasteiger partial charge in [-0.15, -0.1) is 0 Å². The second-order valence-corrected chi connectivity index (χ2v) is 11.1. The number of aliphatic hydroxyl groups excluding tert-OH is 1. The summed E-state index contributed by atoms with van der Waals surface area (Å²) in [6.45, 7) is 6.15. The molecule has 0 aromatic rings. The van der Waals surface area contributed by atoms with Crippen LogP contribution in [-0.4, -0.2) is 85.8 Å². The average Bonchev–Trinajstić information content (AvgIpc) is 3.71. The van der Waals surface area contributed by atoms with Gasteiger partial charge in [0.25, 0.3) is 0 Å². The van der Waals surface area contributed by atoms with E-state index in [1.807, 2.05) is 25.2 Å². The number of hydrogen-bond donors (Lipinski definition) is 3. The van der Waals surface area contributed by atoms with Gasteiger partial charge in [0, 0.05) is 18.4 Å². The van der Waals surface area contributed by atoms with Crippen LogP contribution in [0.3, 0.4) is 0 Å². The molecule has 3 aliphatic rings. The maximum absolute atomic E-state index is 12.5. The fraction of sp³-hybridized carbons (Fsp3) is 0.633. The minimum absolute atomic E-state index is 0.0156. The van der Waals surface area contributed by atoms with Crippen LogP contribution in [0, 0.1) is 11.8 Å². The zero-order chi connectivity index (χ0) is 30.2. The lowest BCUT2D eigenvalue weighted by Gasteiger charge is -2.39. The normalized spacial score (nSPS) is 34.7. The summed E-state index contributed by atoms with van der Waals surface area (Å²) < 4.78 is 27.2. The summed E-state index contributed by atoms with van der Waals surface area (Å²) in [5.74, 6) is -1.20. The van der Waals surface area contributed by atoms with Crippen LogP contribution in [-0.2, 0) is 38.1 Å². The SMILES string of the molecule is COC(=O)C[C@@H]1C[C@@]2(CO2)[C@H](O)[C@@H](/C=C/C=C/C[C@@H]2O[C@H](C)[C@H](NC(=O)/C=C\C(C)C(=O)C=C(N)OC)C[C@@H]2C)O1. The number of hydrogen-bond acceptors (Lipinski definition) is 10. The van der Waals surface area contributed by atoms with Crippen LogP contribution in [0.1, 0.15) is 46.5 Å². The number of nitrogens with two attached hydrogens (primary N) is 1. The van der Waals surface area contributed by atoms with Gasteiger partial charge in [0.15, 0.2) is 11.7 Å². The minimum Gasteiger partial charge on any atom is -0.483 e. The van der Waals surface area contributed by atoms with Gasteiger partial charge >= 0.3 is 5.97 Å². The molecule has 0 bridgehead atoms. The highest BCUT2D eigenvalue weighted by molar-refractivity contribution is 5.94. The van der Waals surface area contributed by atoms with Crippen LogP contribution in [0.2, 0.25) is 0 Å². The molecule has 11 heteroatoms. The van der Waals surface area contributed by atoms with Crippen molar-refractivity contribution in [3.63, 3.8) is 0 Å². The molecule has 3 saturated heterocycles. The Balaban J connectivity index is 1.45. The van der Waals surface area contributed by atoms with Crippen molar-refractivity contribution >= 4 is 17.7 Å². The Hall–Kier alpha value is -2.99. The molecule has 1 spiro atoms. The second kappa shape index (κ2) is 14.8. The standard InChI is InChI=1S/C30H44N2O9/c1-18(23(33)15-26(31)37-4)11-12-27(34)32-22-13-19(2)24(40-20(22)3)9-7-6-8-10-25-29(36)30(17-39-30)16-21(41-25)14-28(35)38-5/h6-8,10-12,15,18-22,24-25,29,36H,9,13-14,16-17,31H2,1-5H3,(H,32,34)/b7-6+,10-8+,12-11-,26-15?/t18?,19-,20+,21+,22+,24-,25+,29+,30+/m0/s1. The van der Waals surface area contributed by atoms with Crippen molar-refractivity contribution in [1.29, 1.82) is 0 Å². The summed E-state index contributed by atoms with van der Waals surface area (Å²) in [5.41, 5.74) is 4.86. The molecule has 3 fully saturated rings. The number of methoxy groups -OCH3 is 2. The van der Waals surface area contributed by atoms with E-state index in [-0.39, 0.29) is 60.2 Å². The Morgan fingerprint density at radius 3 is 2.56 bits per heavy atom. The summed E-state index contributed by atoms with van der Waals surface area (Å²) in [6.07, 6.45) is 11.6. The van der Waals surface area contributed by atoms with E-state index in [1.165, 1.54) is 32.4 Å². The molecule has 228 valence electrons. The van der Waals surface area contributed by atoms with E-state index < -0.39 is 23.7 Å².